The van der Waals surface area contributed by atoms with Crippen molar-refractivity contribution in [3.63, 3.8) is 0 Å². The fourth-order valence-electron chi connectivity index (χ4n) is 3.53. The number of ether oxygens (including phenoxy) is 1. The highest BCUT2D eigenvalue weighted by atomic mass is 32.2. The zero-order valence-electron chi connectivity index (χ0n) is 17.2. The first kappa shape index (κ1) is 23.0. The van der Waals surface area contributed by atoms with Crippen LogP contribution in [0.1, 0.15) is 32.3 Å². The highest BCUT2D eigenvalue weighted by Gasteiger charge is 2.51. The van der Waals surface area contributed by atoms with Crippen molar-refractivity contribution in [2.75, 3.05) is 7.11 Å². The van der Waals surface area contributed by atoms with Crippen molar-refractivity contribution >= 4 is 58.1 Å². The molecule has 2 unspecified atom stereocenters. The van der Waals surface area contributed by atoms with Gasteiger partial charge < -0.3 is 9.84 Å². The van der Waals surface area contributed by atoms with Crippen molar-refractivity contribution in [2.45, 2.75) is 38.8 Å². The average Bonchev–Trinajstić information content (AvgIpc) is 3.14. The van der Waals surface area contributed by atoms with Gasteiger partial charge in [-0.25, -0.2) is 4.79 Å². The molecule has 2 fully saturated rings. The van der Waals surface area contributed by atoms with Gasteiger partial charge in [0.1, 0.15) is 22.2 Å². The Kier molecular flexibility index (Phi) is 6.80. The maximum atomic E-state index is 13.0. The molecule has 2 aliphatic heterocycles. The number of hydrogen-bond donors (Lipinski definition) is 1. The van der Waals surface area contributed by atoms with Gasteiger partial charge in [0.05, 0.1) is 18.4 Å². The summed E-state index contributed by atoms with van der Waals surface area (Å²) in [6.45, 7) is 3.62. The van der Waals surface area contributed by atoms with Crippen LogP contribution in [0.3, 0.4) is 0 Å². The normalized spacial score (nSPS) is 21.5. The Morgan fingerprint density at radius 3 is 2.48 bits per heavy atom. The molecule has 31 heavy (non-hydrogen) atoms. The number of thioether (sulfide) groups is 1. The van der Waals surface area contributed by atoms with Crippen LogP contribution in [0.15, 0.2) is 29.2 Å². The molecule has 1 N–H and O–H groups in total. The van der Waals surface area contributed by atoms with Gasteiger partial charge in [0.25, 0.3) is 11.8 Å². The first-order valence-corrected chi connectivity index (χ1v) is 10.9. The second kappa shape index (κ2) is 9.19. The quantitative estimate of drug-likeness (QED) is 0.375. The standard InChI is InChI=1S/C21H22N2O6S2/c1-11(2)8-15(20(27)28)22-17(24)10-14(18(22)25)23-19(26)16(31-21(23)30)9-12-4-6-13(29-3)7-5-12/h4-7,9,11,14-15H,8,10H2,1-3H3,(H,27,28)/b16-9-. The number of nitrogens with zero attached hydrogens (tertiary/aromatic N) is 2. The van der Waals surface area contributed by atoms with Crippen molar-refractivity contribution in [3.8, 4) is 5.75 Å². The largest absolute Gasteiger partial charge is 0.497 e. The number of hydrogen-bond acceptors (Lipinski definition) is 7. The molecule has 1 aromatic carbocycles. The van der Waals surface area contributed by atoms with Crippen LogP contribution in [0, 0.1) is 5.92 Å². The van der Waals surface area contributed by atoms with Crippen molar-refractivity contribution in [1.29, 1.82) is 0 Å². The third-order valence-electron chi connectivity index (χ3n) is 5.00. The molecule has 2 aliphatic rings. The first-order valence-electron chi connectivity index (χ1n) is 9.63. The Bertz CT molecular complexity index is 973. The molecule has 0 radical (unpaired) electrons. The van der Waals surface area contributed by atoms with Crippen LogP contribution in [-0.2, 0) is 19.2 Å². The molecule has 0 aromatic heterocycles. The van der Waals surface area contributed by atoms with E-state index in [1.165, 1.54) is 0 Å². The maximum absolute atomic E-state index is 13.0. The first-order chi connectivity index (χ1) is 14.6. The minimum absolute atomic E-state index is 0.0372. The van der Waals surface area contributed by atoms with Crippen molar-refractivity contribution < 1.29 is 29.0 Å². The Hall–Kier alpha value is -2.72. The molecule has 1 aromatic rings. The van der Waals surface area contributed by atoms with Crippen LogP contribution in [0.5, 0.6) is 5.75 Å². The van der Waals surface area contributed by atoms with Gasteiger partial charge in [-0.3, -0.25) is 24.2 Å². The minimum Gasteiger partial charge on any atom is -0.497 e. The molecule has 0 saturated carbocycles. The van der Waals surface area contributed by atoms with E-state index in [-0.39, 0.29) is 23.1 Å². The van der Waals surface area contributed by atoms with E-state index in [1.807, 2.05) is 13.8 Å². The molecule has 3 amide bonds. The predicted octanol–water partition coefficient (Wildman–Crippen LogP) is 2.52. The lowest BCUT2D eigenvalue weighted by Gasteiger charge is -2.26. The van der Waals surface area contributed by atoms with Gasteiger partial charge in [0.15, 0.2) is 0 Å². The smallest absolute Gasteiger partial charge is 0.326 e. The summed E-state index contributed by atoms with van der Waals surface area (Å²) in [7, 11) is 1.55. The Morgan fingerprint density at radius 2 is 1.94 bits per heavy atom. The molecular weight excluding hydrogens is 440 g/mol. The number of carbonyl (C=O) groups excluding carboxylic acids is 3. The molecule has 0 bridgehead atoms. The number of benzene rings is 1. The van der Waals surface area contributed by atoms with Gasteiger partial charge in [-0.15, -0.1) is 0 Å². The van der Waals surface area contributed by atoms with E-state index < -0.39 is 35.8 Å². The molecular formula is C21H22N2O6S2. The monoisotopic (exact) mass is 462 g/mol. The Labute approximate surface area is 189 Å². The summed E-state index contributed by atoms with van der Waals surface area (Å²) in [4.78, 5) is 52.5. The number of likely N-dealkylation sites (tertiary alicyclic amines) is 1. The van der Waals surface area contributed by atoms with Crippen LogP contribution in [0.25, 0.3) is 6.08 Å². The number of amides is 3. The van der Waals surface area contributed by atoms with E-state index in [2.05, 4.69) is 0 Å². The van der Waals surface area contributed by atoms with Crippen molar-refractivity contribution in [3.05, 3.63) is 34.7 Å². The van der Waals surface area contributed by atoms with E-state index >= 15 is 0 Å². The topological polar surface area (TPSA) is 104 Å². The lowest BCUT2D eigenvalue weighted by molar-refractivity contribution is -0.155. The zero-order chi connectivity index (χ0) is 22.9. The van der Waals surface area contributed by atoms with Crippen molar-refractivity contribution in [2.24, 2.45) is 5.92 Å². The summed E-state index contributed by atoms with van der Waals surface area (Å²) in [6.07, 6.45) is 1.49. The van der Waals surface area contributed by atoms with Crippen LogP contribution in [0.4, 0.5) is 0 Å². The van der Waals surface area contributed by atoms with Gasteiger partial charge in [-0.1, -0.05) is 50.0 Å². The molecule has 2 heterocycles. The summed E-state index contributed by atoms with van der Waals surface area (Å²) < 4.78 is 5.28. The molecule has 2 saturated heterocycles. The molecule has 2 atom stereocenters. The van der Waals surface area contributed by atoms with Crippen LogP contribution in [-0.4, -0.2) is 62.1 Å². The summed E-state index contributed by atoms with van der Waals surface area (Å²) in [5.74, 6) is -2.41. The van der Waals surface area contributed by atoms with Crippen LogP contribution >= 0.6 is 24.0 Å². The van der Waals surface area contributed by atoms with Gasteiger partial charge in [-0.05, 0) is 36.1 Å². The third-order valence-corrected chi connectivity index (χ3v) is 6.33. The van der Waals surface area contributed by atoms with E-state index in [0.717, 1.165) is 27.1 Å². The average molecular weight is 463 g/mol. The summed E-state index contributed by atoms with van der Waals surface area (Å²) >= 11 is 6.36. The number of carboxylic acid groups (broad SMARTS) is 1. The predicted molar refractivity (Wildman–Crippen MR) is 119 cm³/mol. The number of rotatable bonds is 7. The van der Waals surface area contributed by atoms with Gasteiger partial charge >= 0.3 is 5.97 Å². The highest BCUT2D eigenvalue weighted by molar-refractivity contribution is 8.26. The number of thiocarbonyl (C=S) groups is 1. The summed E-state index contributed by atoms with van der Waals surface area (Å²) in [5, 5.41) is 9.54. The number of imide groups is 1. The van der Waals surface area contributed by atoms with Gasteiger partial charge in [-0.2, -0.15) is 0 Å². The number of methoxy groups -OCH3 is 1. The number of carboxylic acids is 1. The van der Waals surface area contributed by atoms with Gasteiger partial charge in [0.2, 0.25) is 5.91 Å². The van der Waals surface area contributed by atoms with Gasteiger partial charge in [0, 0.05) is 0 Å². The lowest BCUT2D eigenvalue weighted by Crippen LogP contribution is -2.49. The third kappa shape index (κ3) is 4.64. The molecule has 8 nitrogen and oxygen atoms in total. The second-order valence-corrected chi connectivity index (χ2v) is 9.31. The van der Waals surface area contributed by atoms with E-state index in [4.69, 9.17) is 17.0 Å². The van der Waals surface area contributed by atoms with Crippen LogP contribution < -0.4 is 4.74 Å². The van der Waals surface area contributed by atoms with E-state index in [0.29, 0.717) is 10.7 Å². The minimum atomic E-state index is -1.27. The Balaban J connectivity index is 1.84. The lowest BCUT2D eigenvalue weighted by atomic mass is 10.0. The maximum Gasteiger partial charge on any atom is 0.326 e. The zero-order valence-corrected chi connectivity index (χ0v) is 18.9. The van der Waals surface area contributed by atoms with Crippen LogP contribution in [0.2, 0.25) is 0 Å². The Morgan fingerprint density at radius 1 is 1.29 bits per heavy atom. The number of aliphatic carboxylic acids is 1. The number of carbonyl (C=O) groups is 4. The fraction of sp³-hybridized carbons (Fsp3) is 0.381. The van der Waals surface area contributed by atoms with E-state index in [9.17, 15) is 24.3 Å². The molecule has 3 rings (SSSR count). The SMILES string of the molecule is COc1ccc(/C=C2\SC(=S)N(C3CC(=O)N(C(CC(C)C)C(=O)O)C3=O)C2=O)cc1. The molecule has 164 valence electrons. The molecule has 0 aliphatic carbocycles. The molecule has 10 heteroatoms. The highest BCUT2D eigenvalue weighted by Crippen LogP contribution is 2.37. The second-order valence-electron chi connectivity index (χ2n) is 7.63. The summed E-state index contributed by atoms with van der Waals surface area (Å²) in [6, 6.07) is 4.67. The molecule has 0 spiro atoms. The summed E-state index contributed by atoms with van der Waals surface area (Å²) in [5.41, 5.74) is 0.750. The van der Waals surface area contributed by atoms with E-state index in [1.54, 1.807) is 37.5 Å². The van der Waals surface area contributed by atoms with Crippen molar-refractivity contribution in [1.82, 2.24) is 9.80 Å². The fourth-order valence-corrected chi connectivity index (χ4v) is 4.88.